The Kier molecular flexibility index (Phi) is 46.1. The topological polar surface area (TPSA) is 282 Å². The first-order chi connectivity index (χ1) is 43.5. The molecule has 3 rings (SSSR count). The van der Waals surface area contributed by atoms with Crippen LogP contribution in [0.1, 0.15) is 274 Å². The Morgan fingerprint density at radius 1 is 0.528 bits per heavy atom. The molecule has 0 radical (unpaired) electrons. The first kappa shape index (κ1) is 77.5. The summed E-state index contributed by atoms with van der Waals surface area (Å²) in [5.74, 6) is -2.68. The summed E-state index contributed by atoms with van der Waals surface area (Å²) in [7, 11) is 0. The summed E-state index contributed by atoms with van der Waals surface area (Å²) in [6.45, 7) is 9.63. The van der Waals surface area contributed by atoms with Gasteiger partial charge in [0.15, 0.2) is 11.2 Å². The van der Waals surface area contributed by atoms with Crippen LogP contribution in [0.15, 0.2) is 30.5 Å². The average Bonchev–Trinajstić information content (AvgIpc) is 2.83. The number of rotatable bonds is 60. The molecule has 0 spiro atoms. The van der Waals surface area contributed by atoms with Crippen molar-refractivity contribution in [2.45, 2.75) is 270 Å². The molecule has 0 aliphatic carbocycles. The Hall–Kier alpha value is -5.73. The van der Waals surface area contributed by atoms with Gasteiger partial charge in [-0.25, -0.2) is 14.8 Å². The molecule has 8 N–H and O–H groups in total. The molecule has 3 aromatic rings. The van der Waals surface area contributed by atoms with Gasteiger partial charge in [-0.15, -0.1) is 0 Å². The molecular weight excluding hydrogens is 1130 g/mol. The molecule has 2 heterocycles. The highest BCUT2D eigenvalue weighted by Crippen LogP contribution is 2.21. The van der Waals surface area contributed by atoms with Crippen LogP contribution >= 0.6 is 0 Å². The molecule has 89 heavy (non-hydrogen) atoms. The second-order valence-electron chi connectivity index (χ2n) is 24.0. The molecule has 0 aliphatic heterocycles. The fourth-order valence-electron chi connectivity index (χ4n) is 10.7. The number of carbonyl (C=O) groups excluding carboxylic acids is 4. The molecule has 20 nitrogen and oxygen atoms in total. The van der Waals surface area contributed by atoms with Gasteiger partial charge in [0.25, 0.3) is 5.91 Å². The summed E-state index contributed by atoms with van der Waals surface area (Å²) in [5.41, 5.74) is 7.19. The van der Waals surface area contributed by atoms with Gasteiger partial charge >= 0.3 is 5.97 Å². The average molecular weight is 1250 g/mol. The lowest BCUT2D eigenvalue weighted by atomic mass is 10.0. The lowest BCUT2D eigenvalue weighted by Gasteiger charge is -2.23. The normalized spacial score (nSPS) is 11.7. The maximum atomic E-state index is 13.5. The number of aromatic hydroxyl groups is 1. The maximum absolute atomic E-state index is 13.5. The zero-order valence-electron chi connectivity index (χ0n) is 55.1. The molecule has 0 saturated heterocycles. The number of aliphatic carboxylic acids is 1. The fourth-order valence-corrected chi connectivity index (χ4v) is 10.7. The van der Waals surface area contributed by atoms with Crippen LogP contribution in [0.3, 0.4) is 0 Å². The third-order valence-corrected chi connectivity index (χ3v) is 16.1. The van der Waals surface area contributed by atoms with E-state index >= 15 is 0 Å². The molecule has 0 bridgehead atoms. The molecule has 1 atom stereocenters. The SMILES string of the molecule is CCCCCCCCCCCCCCCCCCN(CCCCCCCCCCCCCCCCCC)C(=O)CCC(=O)NCCCOCCOCCOCCCNC(=O)CC[C@H](NC(=O)c1ccc(NCc2cnc3nc(N)nc(O)c3n2)cc1)C(=O)O. The van der Waals surface area contributed by atoms with Crippen LogP contribution in [0.4, 0.5) is 11.6 Å². The standard InChI is InChI=1S/C69H118N10O10/c1-3-5-7-9-11-13-15-17-19-21-23-25-27-29-31-33-47-79(48-34-32-30-28-26-24-22-20-18-16-14-12-10-8-6-4-2)63(82)44-43-62(81)72-46-36-50-88-52-54-89-53-51-87-49-35-45-71-61(80)42-41-60(68(85)86)76-66(83)57-37-39-58(40-38-57)73-55-59-56-74-65-64(75-59)67(84)78-69(70)77-65/h37-40,56,60,73H,3-36,41-55H2,1-2H3,(H,71,80)(H,72,81)(H,76,83)(H,85,86)(H3,70,74,77,78,84)/t60-/m0/s1. The number of carboxylic acid groups (broad SMARTS) is 1. The second kappa shape index (κ2) is 53.0. The van der Waals surface area contributed by atoms with Crippen molar-refractivity contribution in [3.8, 4) is 5.88 Å². The number of benzene rings is 1. The van der Waals surface area contributed by atoms with Gasteiger partial charge in [-0.05, 0) is 56.4 Å². The van der Waals surface area contributed by atoms with Crippen molar-refractivity contribution in [1.29, 1.82) is 0 Å². The monoisotopic (exact) mass is 1250 g/mol. The Bertz CT molecular complexity index is 2280. The van der Waals surface area contributed by atoms with E-state index in [0.29, 0.717) is 77.0 Å². The van der Waals surface area contributed by atoms with Crippen LogP contribution in [0.2, 0.25) is 0 Å². The van der Waals surface area contributed by atoms with E-state index < -0.39 is 17.9 Å². The first-order valence-electron chi connectivity index (χ1n) is 34.9. The van der Waals surface area contributed by atoms with E-state index in [4.69, 9.17) is 19.9 Å². The fraction of sp³-hybridized carbons (Fsp3) is 0.754. The van der Waals surface area contributed by atoms with Crippen molar-refractivity contribution in [2.24, 2.45) is 0 Å². The van der Waals surface area contributed by atoms with Gasteiger partial charge in [-0.1, -0.05) is 206 Å². The van der Waals surface area contributed by atoms with E-state index in [1.54, 1.807) is 12.1 Å². The molecule has 0 unspecified atom stereocenters. The minimum atomic E-state index is -1.27. The summed E-state index contributed by atoms with van der Waals surface area (Å²) in [6.07, 6.45) is 45.4. The van der Waals surface area contributed by atoms with Crippen LogP contribution < -0.4 is 27.0 Å². The van der Waals surface area contributed by atoms with Crippen LogP contribution in [0.25, 0.3) is 11.2 Å². The molecule has 0 fully saturated rings. The predicted molar refractivity (Wildman–Crippen MR) is 356 cm³/mol. The maximum Gasteiger partial charge on any atom is 0.326 e. The van der Waals surface area contributed by atoms with Crippen molar-refractivity contribution in [1.82, 2.24) is 40.8 Å². The smallest absolute Gasteiger partial charge is 0.326 e. The number of nitrogen functional groups attached to an aromatic ring is 1. The van der Waals surface area contributed by atoms with Gasteiger partial charge in [0.05, 0.1) is 44.9 Å². The Morgan fingerprint density at radius 2 is 0.955 bits per heavy atom. The van der Waals surface area contributed by atoms with Crippen LogP contribution in [-0.2, 0) is 39.9 Å². The highest BCUT2D eigenvalue weighted by molar-refractivity contribution is 5.97. The number of nitrogens with zero attached hydrogens (tertiary/aromatic N) is 5. The van der Waals surface area contributed by atoms with Crippen molar-refractivity contribution >= 4 is 52.4 Å². The highest BCUT2D eigenvalue weighted by Gasteiger charge is 2.22. The van der Waals surface area contributed by atoms with E-state index in [1.807, 2.05) is 4.90 Å². The van der Waals surface area contributed by atoms with Gasteiger partial charge < -0.3 is 56.3 Å². The van der Waals surface area contributed by atoms with Crippen LogP contribution in [0, 0.1) is 0 Å². The number of hydrogen-bond acceptors (Lipinski definition) is 15. The minimum Gasteiger partial charge on any atom is -0.492 e. The molecule has 4 amide bonds. The molecule has 1 aromatic carbocycles. The van der Waals surface area contributed by atoms with Gasteiger partial charge in [0, 0.05) is 69.9 Å². The number of unbranched alkanes of at least 4 members (excludes halogenated alkanes) is 30. The van der Waals surface area contributed by atoms with Crippen molar-refractivity contribution in [3.05, 3.63) is 41.7 Å². The van der Waals surface area contributed by atoms with Gasteiger partial charge in [0.2, 0.25) is 29.5 Å². The van der Waals surface area contributed by atoms with E-state index in [9.17, 15) is 34.2 Å². The number of carboxylic acids is 1. The zero-order valence-corrected chi connectivity index (χ0v) is 55.1. The Balaban J connectivity index is 1.17. The molecule has 0 aliphatic rings. The van der Waals surface area contributed by atoms with Gasteiger partial charge in [-0.2, -0.15) is 9.97 Å². The summed E-state index contributed by atoms with van der Waals surface area (Å²) < 4.78 is 16.9. The number of carbonyl (C=O) groups is 5. The quantitative estimate of drug-likeness (QED) is 0.0259. The molecule has 0 saturated carbocycles. The number of fused-ring (bicyclic) bond motifs is 1. The van der Waals surface area contributed by atoms with E-state index in [1.165, 1.54) is 198 Å². The predicted octanol–water partition coefficient (Wildman–Crippen LogP) is 13.5. The van der Waals surface area contributed by atoms with Crippen molar-refractivity contribution in [3.63, 3.8) is 0 Å². The van der Waals surface area contributed by atoms with Crippen LogP contribution in [-0.4, -0.2) is 137 Å². The van der Waals surface area contributed by atoms with Gasteiger partial charge in [0.1, 0.15) is 6.04 Å². The largest absolute Gasteiger partial charge is 0.492 e. The zero-order chi connectivity index (χ0) is 64.0. The number of aromatic nitrogens is 4. The van der Waals surface area contributed by atoms with E-state index in [-0.39, 0.29) is 78.5 Å². The highest BCUT2D eigenvalue weighted by atomic mass is 16.5. The number of nitrogens with two attached hydrogens (primary N) is 1. The van der Waals surface area contributed by atoms with Gasteiger partial charge in [-0.3, -0.25) is 19.2 Å². The number of ether oxygens (including phenoxy) is 3. The van der Waals surface area contributed by atoms with E-state index in [2.05, 4.69) is 55.1 Å². The molecule has 504 valence electrons. The summed E-state index contributed by atoms with van der Waals surface area (Å²) in [6, 6.07) is 5.10. The lowest BCUT2D eigenvalue weighted by Crippen LogP contribution is -2.41. The summed E-state index contributed by atoms with van der Waals surface area (Å²) in [5, 5.41) is 31.1. The number of anilines is 2. The number of nitrogens with one attached hydrogen (secondary N) is 4. The number of hydrogen-bond donors (Lipinski definition) is 7. The third-order valence-electron chi connectivity index (χ3n) is 16.1. The Labute approximate surface area is 534 Å². The summed E-state index contributed by atoms with van der Waals surface area (Å²) in [4.78, 5) is 81.7. The van der Waals surface area contributed by atoms with E-state index in [0.717, 1.165) is 38.8 Å². The lowest BCUT2D eigenvalue weighted by molar-refractivity contribution is -0.139. The Morgan fingerprint density at radius 3 is 1.40 bits per heavy atom. The van der Waals surface area contributed by atoms with Crippen molar-refractivity contribution in [2.75, 3.05) is 76.9 Å². The number of amides is 4. The first-order valence-corrected chi connectivity index (χ1v) is 34.9. The molecule has 20 heteroatoms. The second-order valence-corrected chi connectivity index (χ2v) is 24.0. The third kappa shape index (κ3) is 40.6. The molecular formula is C69H118N10O10. The van der Waals surface area contributed by atoms with Crippen LogP contribution in [0.5, 0.6) is 5.88 Å². The minimum absolute atomic E-state index is 0.0950. The summed E-state index contributed by atoms with van der Waals surface area (Å²) >= 11 is 0. The van der Waals surface area contributed by atoms with Crippen molar-refractivity contribution < 1.29 is 48.4 Å². The molecule has 2 aromatic heterocycles.